The van der Waals surface area contributed by atoms with Crippen LogP contribution in [0.2, 0.25) is 0 Å². The predicted octanol–water partition coefficient (Wildman–Crippen LogP) is 9.10. The molecule has 1 aromatic carbocycles. The zero-order valence-corrected chi connectivity index (χ0v) is 32.6. The molecule has 0 saturated heterocycles. The van der Waals surface area contributed by atoms with Crippen molar-refractivity contribution >= 4 is 11.9 Å². The fourth-order valence-corrected chi connectivity index (χ4v) is 12.7. The second-order valence-electron chi connectivity index (χ2n) is 19.1. The zero-order chi connectivity index (χ0) is 36.6. The Morgan fingerprint density at radius 3 is 2.31 bits per heavy atom. The number of aryl methyl sites for hydroxylation is 1. The van der Waals surface area contributed by atoms with Gasteiger partial charge in [0.2, 0.25) is 0 Å². The van der Waals surface area contributed by atoms with Gasteiger partial charge < -0.3 is 14.2 Å². The van der Waals surface area contributed by atoms with E-state index in [-0.39, 0.29) is 62.9 Å². The average Bonchev–Trinajstić information content (AvgIpc) is 3.57. The topological polar surface area (TPSA) is 92.5 Å². The highest BCUT2D eigenvalue weighted by Gasteiger charge is 2.69. The number of aromatic nitrogens is 3. The summed E-state index contributed by atoms with van der Waals surface area (Å²) < 4.78 is 18.9. The first-order valence-electron chi connectivity index (χ1n) is 19.6. The second kappa shape index (κ2) is 12.5. The van der Waals surface area contributed by atoms with Gasteiger partial charge in [0.25, 0.3) is 0 Å². The number of carbonyl (C=O) groups excluding carboxylic acids is 2. The van der Waals surface area contributed by atoms with Gasteiger partial charge in [-0.05, 0) is 128 Å². The van der Waals surface area contributed by atoms with Crippen LogP contribution in [0, 0.1) is 50.2 Å². The van der Waals surface area contributed by atoms with Crippen molar-refractivity contribution in [3.05, 3.63) is 47.8 Å². The molecule has 0 amide bonds. The fourth-order valence-electron chi connectivity index (χ4n) is 12.7. The number of rotatable bonds is 7. The van der Waals surface area contributed by atoms with Gasteiger partial charge in [-0.25, -0.2) is 4.68 Å². The van der Waals surface area contributed by atoms with Crippen LogP contribution in [0.5, 0.6) is 5.75 Å². The first-order chi connectivity index (χ1) is 24.0. The number of benzene rings is 1. The highest BCUT2D eigenvalue weighted by Crippen LogP contribution is 2.76. The largest absolute Gasteiger partial charge is 0.497 e. The normalized spacial score (nSPS) is 37.8. The molecule has 1 heterocycles. The fraction of sp³-hybridized carbons (Fsp3) is 0.721. The van der Waals surface area contributed by atoms with Crippen molar-refractivity contribution in [3.8, 4) is 11.4 Å². The van der Waals surface area contributed by atoms with E-state index in [0.29, 0.717) is 18.3 Å². The highest BCUT2D eigenvalue weighted by molar-refractivity contribution is 5.78. The van der Waals surface area contributed by atoms with Crippen LogP contribution in [-0.4, -0.2) is 47.3 Å². The number of nitrogens with zero attached hydrogens (tertiary/aromatic N) is 3. The summed E-state index contributed by atoms with van der Waals surface area (Å²) in [6.07, 6.45) is 15.6. The van der Waals surface area contributed by atoms with Gasteiger partial charge in [0.1, 0.15) is 11.9 Å². The van der Waals surface area contributed by atoms with Crippen molar-refractivity contribution in [1.29, 1.82) is 0 Å². The summed E-state index contributed by atoms with van der Waals surface area (Å²) in [5, 5.41) is 8.59. The number of hydrogen-bond donors (Lipinski definition) is 0. The summed E-state index contributed by atoms with van der Waals surface area (Å²) in [7, 11) is 3.23. The Bertz CT molecular complexity index is 1690. The van der Waals surface area contributed by atoms with Crippen LogP contribution in [0.1, 0.15) is 125 Å². The Hall–Kier alpha value is -3.16. The summed E-state index contributed by atoms with van der Waals surface area (Å²) in [5.74, 6) is 1.92. The van der Waals surface area contributed by atoms with E-state index in [0.717, 1.165) is 74.9 Å². The third-order valence-electron chi connectivity index (χ3n) is 15.9. The second-order valence-corrected chi connectivity index (χ2v) is 19.1. The van der Waals surface area contributed by atoms with Crippen LogP contribution in [0.3, 0.4) is 0 Å². The third kappa shape index (κ3) is 5.59. The van der Waals surface area contributed by atoms with Gasteiger partial charge in [0.15, 0.2) is 0 Å². The van der Waals surface area contributed by atoms with E-state index in [4.69, 9.17) is 14.2 Å². The van der Waals surface area contributed by atoms with E-state index in [1.807, 2.05) is 30.5 Å². The van der Waals surface area contributed by atoms with Crippen molar-refractivity contribution in [3.63, 3.8) is 0 Å². The van der Waals surface area contributed by atoms with Crippen LogP contribution < -0.4 is 4.74 Å². The van der Waals surface area contributed by atoms with E-state index in [9.17, 15) is 9.59 Å². The summed E-state index contributed by atoms with van der Waals surface area (Å²) in [5.41, 5.74) is 3.29. The Kier molecular flexibility index (Phi) is 8.85. The zero-order valence-electron chi connectivity index (χ0n) is 32.6. The number of methoxy groups -OCH3 is 2. The first kappa shape index (κ1) is 36.2. The quantitative estimate of drug-likeness (QED) is 0.210. The number of allylic oxidation sites excluding steroid dienone is 2. The molecular formula is C43H61N3O5. The lowest BCUT2D eigenvalue weighted by molar-refractivity contribution is -0.214. The minimum absolute atomic E-state index is 0.0170. The van der Waals surface area contributed by atoms with Crippen molar-refractivity contribution in [2.24, 2.45) is 50.2 Å². The summed E-state index contributed by atoms with van der Waals surface area (Å²) in [4.78, 5) is 26.9. The van der Waals surface area contributed by atoms with Crippen molar-refractivity contribution in [1.82, 2.24) is 15.0 Å². The van der Waals surface area contributed by atoms with Crippen molar-refractivity contribution in [2.45, 2.75) is 132 Å². The van der Waals surface area contributed by atoms with Crippen molar-refractivity contribution in [2.75, 3.05) is 14.2 Å². The minimum Gasteiger partial charge on any atom is -0.497 e. The van der Waals surface area contributed by atoms with Gasteiger partial charge in [0.05, 0.1) is 43.6 Å². The van der Waals surface area contributed by atoms with E-state index in [2.05, 4.69) is 64.9 Å². The molecule has 4 saturated carbocycles. The lowest BCUT2D eigenvalue weighted by atomic mass is 9.33. The van der Waals surface area contributed by atoms with E-state index < -0.39 is 0 Å². The van der Waals surface area contributed by atoms with Gasteiger partial charge in [-0.1, -0.05) is 65.3 Å². The molecular weight excluding hydrogens is 638 g/mol. The predicted molar refractivity (Wildman–Crippen MR) is 197 cm³/mol. The molecule has 8 atom stereocenters. The number of ether oxygens (including phenoxy) is 3. The lowest BCUT2D eigenvalue weighted by Crippen LogP contribution is -2.65. The maximum Gasteiger partial charge on any atom is 0.312 e. The van der Waals surface area contributed by atoms with Crippen LogP contribution in [-0.2, 0) is 25.5 Å². The van der Waals surface area contributed by atoms with Gasteiger partial charge in [0, 0.05) is 11.8 Å². The van der Waals surface area contributed by atoms with Crippen LogP contribution in [0.25, 0.3) is 5.69 Å². The van der Waals surface area contributed by atoms with E-state index in [1.54, 1.807) is 24.5 Å². The molecule has 8 nitrogen and oxygen atoms in total. The molecule has 0 unspecified atom stereocenters. The van der Waals surface area contributed by atoms with Gasteiger partial charge >= 0.3 is 11.9 Å². The summed E-state index contributed by atoms with van der Waals surface area (Å²) in [6.45, 7) is 17.2. The maximum atomic E-state index is 13.6. The number of fused-ring (bicyclic) bond motifs is 7. The van der Waals surface area contributed by atoms with Gasteiger partial charge in [-0.2, -0.15) is 0 Å². The number of esters is 2. The Balaban J connectivity index is 1.06. The van der Waals surface area contributed by atoms with Crippen LogP contribution >= 0.6 is 0 Å². The Morgan fingerprint density at radius 1 is 0.882 bits per heavy atom. The summed E-state index contributed by atoms with van der Waals surface area (Å²) in [6, 6.07) is 7.65. The molecule has 5 aliphatic rings. The highest BCUT2D eigenvalue weighted by atomic mass is 16.5. The van der Waals surface area contributed by atoms with Crippen LogP contribution in [0.15, 0.2) is 42.1 Å². The average molecular weight is 700 g/mol. The number of hydrogen-bond acceptors (Lipinski definition) is 7. The SMILES string of the molecule is COC(=O)[C@]12CCC(C)(C)C[C@H]1C1=CC[C@@H]3[C@@]4(C)CC[C@H](OC(=O)CCc5cn(-c6ccc(OC)cc6)nn5)C(C)(C)[C@@H]4CC[C@@]3(C)[C@]1(C)CC2. The Labute approximate surface area is 305 Å². The van der Waals surface area contributed by atoms with Gasteiger partial charge in [-0.15, -0.1) is 5.10 Å². The molecule has 2 aromatic rings. The molecule has 0 aliphatic heterocycles. The molecule has 8 heteroatoms. The summed E-state index contributed by atoms with van der Waals surface area (Å²) >= 11 is 0. The van der Waals surface area contributed by atoms with E-state index in [1.165, 1.54) is 6.42 Å². The molecule has 0 radical (unpaired) electrons. The molecule has 278 valence electrons. The smallest absolute Gasteiger partial charge is 0.312 e. The first-order valence-corrected chi connectivity index (χ1v) is 19.6. The third-order valence-corrected chi connectivity index (χ3v) is 15.9. The molecule has 0 spiro atoms. The minimum atomic E-state index is -0.378. The molecule has 7 rings (SSSR count). The molecule has 51 heavy (non-hydrogen) atoms. The Morgan fingerprint density at radius 2 is 1.61 bits per heavy atom. The maximum absolute atomic E-state index is 13.6. The van der Waals surface area contributed by atoms with Crippen molar-refractivity contribution < 1.29 is 23.8 Å². The molecule has 0 N–H and O–H groups in total. The molecule has 1 aromatic heterocycles. The molecule has 5 aliphatic carbocycles. The molecule has 4 fully saturated rings. The number of carbonyl (C=O) groups is 2. The lowest BCUT2D eigenvalue weighted by Gasteiger charge is -2.71. The van der Waals surface area contributed by atoms with Gasteiger partial charge in [-0.3, -0.25) is 9.59 Å². The van der Waals surface area contributed by atoms with Crippen LogP contribution in [0.4, 0.5) is 0 Å². The van der Waals surface area contributed by atoms with E-state index >= 15 is 0 Å². The standard InChI is InChI=1S/C43H61N3O5/c1-38(2)22-24-43(37(48)50-9)25-23-41(6)31(32(43)26-38)15-16-34-40(5)20-19-35(39(3,4)33(40)18-21-42(34,41)7)51-36(47)17-10-28-27-46(45-44-28)29-11-13-30(49-8)14-12-29/h11-15,27,32-35H,10,16-26H2,1-9H3/t32-,33-,34+,35-,40-,41+,42+,43-/m0/s1. The monoisotopic (exact) mass is 699 g/mol. The molecule has 0 bridgehead atoms.